The van der Waals surface area contributed by atoms with Crippen LogP contribution in [0.15, 0.2) is 47.4 Å². The minimum atomic E-state index is -4.71. The number of hydrogen-bond donors (Lipinski definition) is 2. The Bertz CT molecular complexity index is 912. The molecule has 2 aromatic rings. The summed E-state index contributed by atoms with van der Waals surface area (Å²) in [7, 11) is -4.40. The minimum Gasteiger partial charge on any atom is -0.322 e. The number of carbonyl (C=O) groups excluding carboxylic acids is 1. The first-order valence-corrected chi connectivity index (χ1v) is 8.39. The van der Waals surface area contributed by atoms with Gasteiger partial charge in [-0.25, -0.2) is 21.9 Å². The van der Waals surface area contributed by atoms with Gasteiger partial charge in [0.25, 0.3) is 5.91 Å². The lowest BCUT2D eigenvalue weighted by Gasteiger charge is -2.10. The van der Waals surface area contributed by atoms with Crippen molar-refractivity contribution in [3.05, 3.63) is 59.7 Å². The third kappa shape index (κ3) is 5.23. The second-order valence-electron chi connectivity index (χ2n) is 5.04. The minimum absolute atomic E-state index is 0.0356. The molecule has 0 atom stereocenters. The molecule has 0 bridgehead atoms. The van der Waals surface area contributed by atoms with Gasteiger partial charge in [-0.1, -0.05) is 0 Å². The van der Waals surface area contributed by atoms with Gasteiger partial charge in [-0.05, 0) is 42.5 Å². The molecule has 140 valence electrons. The van der Waals surface area contributed by atoms with Gasteiger partial charge in [0.1, 0.15) is 18.2 Å². The van der Waals surface area contributed by atoms with Gasteiger partial charge in [-0.2, -0.15) is 13.2 Å². The Kier molecular flexibility index (Phi) is 5.62. The summed E-state index contributed by atoms with van der Waals surface area (Å²) in [6, 6.07) is 6.39. The molecule has 26 heavy (non-hydrogen) atoms. The smallest absolute Gasteiger partial charge is 0.322 e. The second-order valence-corrected chi connectivity index (χ2v) is 6.81. The number of carbonyl (C=O) groups is 1. The number of halogens is 5. The molecule has 0 saturated heterocycles. The maximum Gasteiger partial charge on any atom is 0.402 e. The van der Waals surface area contributed by atoms with Crippen LogP contribution in [0, 0.1) is 11.6 Å². The highest BCUT2D eigenvalue weighted by atomic mass is 32.2. The van der Waals surface area contributed by atoms with E-state index in [-0.39, 0.29) is 5.69 Å². The molecule has 0 aliphatic carbocycles. The fourth-order valence-electron chi connectivity index (χ4n) is 1.85. The first-order chi connectivity index (χ1) is 12.0. The molecule has 2 rings (SSSR count). The summed E-state index contributed by atoms with van der Waals surface area (Å²) in [4.78, 5) is 11.4. The Morgan fingerprint density at radius 1 is 1.00 bits per heavy atom. The fourth-order valence-corrected chi connectivity index (χ4v) is 2.86. The van der Waals surface area contributed by atoms with Crippen LogP contribution >= 0.6 is 0 Å². The number of sulfonamides is 1. The van der Waals surface area contributed by atoms with Crippen molar-refractivity contribution in [2.45, 2.75) is 11.1 Å². The average Bonchev–Trinajstić information content (AvgIpc) is 2.55. The number of rotatable bonds is 5. The van der Waals surface area contributed by atoms with Crippen LogP contribution in [0.3, 0.4) is 0 Å². The van der Waals surface area contributed by atoms with Crippen LogP contribution in [-0.4, -0.2) is 27.0 Å². The highest BCUT2D eigenvalue weighted by Crippen LogP contribution is 2.18. The van der Waals surface area contributed by atoms with Crippen LogP contribution in [0.2, 0.25) is 0 Å². The molecule has 2 N–H and O–H groups in total. The van der Waals surface area contributed by atoms with Crippen LogP contribution in [-0.2, 0) is 10.0 Å². The third-order valence-corrected chi connectivity index (χ3v) is 4.48. The van der Waals surface area contributed by atoms with Gasteiger partial charge < -0.3 is 5.32 Å². The molecule has 0 spiro atoms. The standard InChI is InChI=1S/C15H11F5N2O3S/c16-9-1-6-13(17)12(7-9)14(23)22-10-2-4-11(5-3-10)26(24,25)21-8-15(18,19)20/h1-7,21H,8H2,(H,22,23). The first-order valence-electron chi connectivity index (χ1n) is 6.91. The van der Waals surface area contributed by atoms with Gasteiger partial charge in [0, 0.05) is 5.69 Å². The molecular weight excluding hydrogens is 383 g/mol. The van der Waals surface area contributed by atoms with E-state index in [2.05, 4.69) is 5.32 Å². The van der Waals surface area contributed by atoms with Crippen molar-refractivity contribution < 1.29 is 35.2 Å². The van der Waals surface area contributed by atoms with Gasteiger partial charge in [-0.15, -0.1) is 0 Å². The van der Waals surface area contributed by atoms with E-state index in [4.69, 9.17) is 0 Å². The van der Waals surface area contributed by atoms with Crippen LogP contribution in [0.5, 0.6) is 0 Å². The molecule has 11 heteroatoms. The molecule has 1 amide bonds. The Morgan fingerprint density at radius 2 is 1.62 bits per heavy atom. The predicted octanol–water partition coefficient (Wildman–Crippen LogP) is 3.06. The van der Waals surface area contributed by atoms with Crippen LogP contribution < -0.4 is 10.0 Å². The molecule has 5 nitrogen and oxygen atoms in total. The van der Waals surface area contributed by atoms with E-state index in [0.29, 0.717) is 6.07 Å². The van der Waals surface area contributed by atoms with Gasteiger partial charge in [0.2, 0.25) is 10.0 Å². The van der Waals surface area contributed by atoms with E-state index in [0.717, 1.165) is 36.4 Å². The Labute approximate surface area is 144 Å². The number of benzene rings is 2. The molecule has 0 saturated carbocycles. The number of alkyl halides is 3. The van der Waals surface area contributed by atoms with Gasteiger partial charge in [0.05, 0.1) is 10.5 Å². The van der Waals surface area contributed by atoms with E-state index >= 15 is 0 Å². The quantitative estimate of drug-likeness (QED) is 0.766. The van der Waals surface area contributed by atoms with Gasteiger partial charge in [0.15, 0.2) is 0 Å². The largest absolute Gasteiger partial charge is 0.402 e. The number of nitrogens with one attached hydrogen (secondary N) is 2. The third-order valence-electron chi connectivity index (χ3n) is 3.06. The van der Waals surface area contributed by atoms with Crippen molar-refractivity contribution in [2.24, 2.45) is 0 Å². The van der Waals surface area contributed by atoms with Crippen LogP contribution in [0.25, 0.3) is 0 Å². The van der Waals surface area contributed by atoms with Crippen LogP contribution in [0.1, 0.15) is 10.4 Å². The second kappa shape index (κ2) is 7.38. The van der Waals surface area contributed by atoms with Gasteiger partial charge in [-0.3, -0.25) is 4.79 Å². The zero-order chi connectivity index (χ0) is 19.5. The van der Waals surface area contributed by atoms with E-state index in [1.54, 1.807) is 0 Å². The van der Waals surface area contributed by atoms with Crippen molar-refractivity contribution in [2.75, 3.05) is 11.9 Å². The zero-order valence-electron chi connectivity index (χ0n) is 12.8. The summed E-state index contributed by atoms with van der Waals surface area (Å²) in [6.45, 7) is -1.73. The lowest BCUT2D eigenvalue weighted by atomic mass is 10.2. The fraction of sp³-hybridized carbons (Fsp3) is 0.133. The lowest BCUT2D eigenvalue weighted by molar-refractivity contribution is -0.121. The summed E-state index contributed by atoms with van der Waals surface area (Å²) in [5.74, 6) is -2.76. The van der Waals surface area contributed by atoms with Crippen molar-refractivity contribution in [3.8, 4) is 0 Å². The SMILES string of the molecule is O=C(Nc1ccc(S(=O)(=O)NCC(F)(F)F)cc1)c1cc(F)ccc1F. The lowest BCUT2D eigenvalue weighted by Crippen LogP contribution is -2.33. The highest BCUT2D eigenvalue weighted by molar-refractivity contribution is 7.89. The predicted molar refractivity (Wildman–Crippen MR) is 82.0 cm³/mol. The maximum absolute atomic E-state index is 13.5. The van der Waals surface area contributed by atoms with Gasteiger partial charge >= 0.3 is 6.18 Å². The van der Waals surface area contributed by atoms with Crippen molar-refractivity contribution >= 4 is 21.6 Å². The molecule has 0 heterocycles. The number of amides is 1. The Morgan fingerprint density at radius 3 is 2.19 bits per heavy atom. The Hall–Kier alpha value is -2.53. The highest BCUT2D eigenvalue weighted by Gasteiger charge is 2.30. The maximum atomic E-state index is 13.5. The molecule has 0 radical (unpaired) electrons. The molecule has 2 aromatic carbocycles. The summed E-state index contributed by atoms with van der Waals surface area (Å²) >= 11 is 0. The summed E-state index contributed by atoms with van der Waals surface area (Å²) in [5.41, 5.74) is -0.526. The zero-order valence-corrected chi connectivity index (χ0v) is 13.6. The summed E-state index contributed by atoms with van der Waals surface area (Å²) in [5, 5.41) is 2.22. The van der Waals surface area contributed by atoms with E-state index in [9.17, 15) is 35.2 Å². The van der Waals surface area contributed by atoms with E-state index in [1.807, 2.05) is 0 Å². The Balaban J connectivity index is 2.12. The average molecular weight is 394 g/mol. The molecule has 0 fully saturated rings. The first kappa shape index (κ1) is 19.8. The topological polar surface area (TPSA) is 75.3 Å². The summed E-state index contributed by atoms with van der Waals surface area (Å²) in [6.07, 6.45) is -4.71. The molecular formula is C15H11F5N2O3S. The number of anilines is 1. The van der Waals surface area contributed by atoms with Crippen molar-refractivity contribution in [1.82, 2.24) is 4.72 Å². The molecule has 0 unspecified atom stereocenters. The monoisotopic (exact) mass is 394 g/mol. The van der Waals surface area contributed by atoms with E-state index < -0.39 is 50.7 Å². The van der Waals surface area contributed by atoms with Crippen LogP contribution in [0.4, 0.5) is 27.6 Å². The molecule has 0 aromatic heterocycles. The van der Waals surface area contributed by atoms with Crippen molar-refractivity contribution in [3.63, 3.8) is 0 Å². The molecule has 0 aliphatic heterocycles. The normalized spacial score (nSPS) is 12.0. The van der Waals surface area contributed by atoms with Crippen molar-refractivity contribution in [1.29, 1.82) is 0 Å². The summed E-state index contributed by atoms with van der Waals surface area (Å²) < 4.78 is 87.7. The van der Waals surface area contributed by atoms with E-state index in [1.165, 1.54) is 4.72 Å². The molecule has 0 aliphatic rings. The number of hydrogen-bond acceptors (Lipinski definition) is 3.